The number of hydrogen-bond donors (Lipinski definition) is 7. The number of nitrogens with one attached hydrogen (secondary N) is 5. The third-order valence-electron chi connectivity index (χ3n) is 12.7. The highest BCUT2D eigenvalue weighted by atomic mass is 16.5. The van der Waals surface area contributed by atoms with Crippen molar-refractivity contribution in [3.63, 3.8) is 0 Å². The van der Waals surface area contributed by atoms with Crippen molar-refractivity contribution >= 4 is 76.3 Å². The maximum Gasteiger partial charge on any atom is 0.407 e. The zero-order valence-corrected chi connectivity index (χ0v) is 45.3. The van der Waals surface area contributed by atoms with Crippen LogP contribution in [0.2, 0.25) is 0 Å². The van der Waals surface area contributed by atoms with Gasteiger partial charge in [-0.25, -0.2) is 14.6 Å². The van der Waals surface area contributed by atoms with Crippen molar-refractivity contribution in [2.75, 3.05) is 36.8 Å². The number of primary amides is 1. The molecule has 0 radical (unpaired) electrons. The number of anilines is 2. The van der Waals surface area contributed by atoms with E-state index in [2.05, 4.69) is 50.4 Å². The number of aryl methyl sites for hydroxylation is 1. The van der Waals surface area contributed by atoms with Crippen LogP contribution in [0.15, 0.2) is 71.5 Å². The summed E-state index contributed by atoms with van der Waals surface area (Å²) in [5.41, 5.74) is 15.6. The van der Waals surface area contributed by atoms with E-state index in [1.165, 1.54) is 6.20 Å². The molecule has 7 amide bonds. The molecule has 0 aliphatic carbocycles. The van der Waals surface area contributed by atoms with Crippen LogP contribution < -0.4 is 38.1 Å². The van der Waals surface area contributed by atoms with Crippen molar-refractivity contribution in [1.29, 1.82) is 0 Å². The summed E-state index contributed by atoms with van der Waals surface area (Å²) in [6.45, 7) is 13.2. The predicted octanol–water partition coefficient (Wildman–Crippen LogP) is 8.29. The van der Waals surface area contributed by atoms with Gasteiger partial charge in [-0.3, -0.25) is 33.8 Å². The number of pyridine rings is 1. The number of carbonyl (C=O) groups is 8. The molecule has 2 aromatic carbocycles. The monoisotopic (exact) mass is 1050 g/mol. The summed E-state index contributed by atoms with van der Waals surface area (Å²) in [5.74, 6) is -1.65. The van der Waals surface area contributed by atoms with Gasteiger partial charge in [0, 0.05) is 79.8 Å². The summed E-state index contributed by atoms with van der Waals surface area (Å²) in [6.07, 6.45) is 12.2. The van der Waals surface area contributed by atoms with E-state index in [9.17, 15) is 38.4 Å². The molecule has 0 fully saturated rings. The normalized spacial score (nSPS) is 12.7. The second-order valence-corrected chi connectivity index (χ2v) is 20.1. The first kappa shape index (κ1) is 61.1. The fourth-order valence-corrected chi connectivity index (χ4v) is 8.61. The molecule has 1 aliphatic rings. The molecule has 1 aliphatic heterocycles. The molecule has 3 aromatic rings. The van der Waals surface area contributed by atoms with Gasteiger partial charge in [-0.1, -0.05) is 85.4 Å². The molecule has 2 unspecified atom stereocenters. The van der Waals surface area contributed by atoms with Gasteiger partial charge in [0.25, 0.3) is 5.91 Å². The molecule has 2 atom stereocenters. The molecule has 0 saturated heterocycles. The van der Waals surface area contributed by atoms with Crippen LogP contribution in [0.1, 0.15) is 152 Å². The minimum absolute atomic E-state index is 0.0783. The predicted molar refractivity (Wildman–Crippen MR) is 296 cm³/mol. The van der Waals surface area contributed by atoms with Crippen molar-refractivity contribution in [2.45, 2.75) is 144 Å². The Morgan fingerprint density at radius 2 is 1.50 bits per heavy atom. The molecule has 9 N–H and O–H groups in total. The number of Topliss-reactive ketones (excluding diaryl/α,β-unsaturated/α-hetero) is 2. The van der Waals surface area contributed by atoms with Crippen molar-refractivity contribution < 1.29 is 43.1 Å². The van der Waals surface area contributed by atoms with Crippen molar-refractivity contribution in [1.82, 2.24) is 25.8 Å². The SMILES string of the molecule is CCCN(CCC)C(=O)C1=Cc2ccc(C(=O)Nc3cncc(CCC(=O)CNC(=O)OCc4ccc(NC(=O)C(CCCNC(N)=O)CC(=O)C(NC(=O)CCCCCCC(C)C)C(C)C)cc4)c3)cc2N=C(N)C1. The molecule has 19 heteroatoms. The lowest BCUT2D eigenvalue weighted by Gasteiger charge is -2.24. The molecule has 76 heavy (non-hydrogen) atoms. The summed E-state index contributed by atoms with van der Waals surface area (Å²) < 4.78 is 5.32. The summed E-state index contributed by atoms with van der Waals surface area (Å²) >= 11 is 0. The van der Waals surface area contributed by atoms with E-state index < -0.39 is 35.9 Å². The zero-order chi connectivity index (χ0) is 55.6. The molecule has 0 spiro atoms. The quantitative estimate of drug-likeness (QED) is 0.0292. The average Bonchev–Trinajstić information content (AvgIpc) is 3.55. The molecule has 0 saturated carbocycles. The fraction of sp³-hybridized carbons (Fsp3) is 0.509. The van der Waals surface area contributed by atoms with E-state index in [0.29, 0.717) is 83.2 Å². The number of ketones is 2. The molecular weight excluding hydrogens is 969 g/mol. The number of carbonyl (C=O) groups excluding carboxylic acids is 8. The number of rotatable bonds is 32. The van der Waals surface area contributed by atoms with Gasteiger partial charge in [0.1, 0.15) is 12.4 Å². The standard InChI is InChI=1S/C57H80N10O9/c1-7-26-67(27-8-2)55(73)44-29-41-20-21-43(30-48(41)65-50(58)32-44)54(72)64-46-28-40(33-60-34-46)19-24-47(68)35-62-57(75)76-36-39-17-22-45(23-18-39)63-53(71)42(15-13-25-61-56(59)74)31-49(69)52(38(5)6)66-51(70)16-12-10-9-11-14-37(3)4/h17-18,20-23,28-30,33-34,37-38,42,52H,7-16,19,24-27,31-32,35-36H2,1-6H3,(H2,58,65)(H,62,75)(H,63,71)(H,64,72)(H,66,70)(H3,59,61,74). The number of benzene rings is 2. The molecule has 2 heterocycles. The van der Waals surface area contributed by atoms with E-state index in [1.54, 1.807) is 60.8 Å². The Labute approximate surface area is 447 Å². The Morgan fingerprint density at radius 3 is 2.18 bits per heavy atom. The van der Waals surface area contributed by atoms with Crippen molar-refractivity contribution in [3.05, 3.63) is 88.8 Å². The van der Waals surface area contributed by atoms with Crippen LogP contribution in [0.5, 0.6) is 0 Å². The first-order chi connectivity index (χ1) is 36.3. The van der Waals surface area contributed by atoms with Crippen LogP contribution in [0, 0.1) is 17.8 Å². The molecule has 19 nitrogen and oxygen atoms in total. The first-order valence-corrected chi connectivity index (χ1v) is 26.7. The van der Waals surface area contributed by atoms with Gasteiger partial charge in [-0.15, -0.1) is 0 Å². The summed E-state index contributed by atoms with van der Waals surface area (Å²) in [5, 5.41) is 13.6. The smallest absolute Gasteiger partial charge is 0.407 e. The van der Waals surface area contributed by atoms with Gasteiger partial charge in [-0.05, 0) is 97.9 Å². The number of fused-ring (bicyclic) bond motifs is 1. The van der Waals surface area contributed by atoms with Crippen LogP contribution >= 0.6 is 0 Å². The molecule has 412 valence electrons. The summed E-state index contributed by atoms with van der Waals surface area (Å²) in [4.78, 5) is 114. The number of urea groups is 1. The van der Waals surface area contributed by atoms with E-state index in [-0.39, 0.29) is 80.5 Å². The largest absolute Gasteiger partial charge is 0.445 e. The minimum atomic E-state index is -0.801. The number of aliphatic imine (C=N–C) groups is 1. The van der Waals surface area contributed by atoms with E-state index in [0.717, 1.165) is 44.9 Å². The van der Waals surface area contributed by atoms with Crippen LogP contribution in [-0.4, -0.2) is 95.3 Å². The number of amides is 7. The van der Waals surface area contributed by atoms with E-state index >= 15 is 0 Å². The first-order valence-electron chi connectivity index (χ1n) is 26.7. The summed E-state index contributed by atoms with van der Waals surface area (Å²) in [6, 6.07) is 11.9. The van der Waals surface area contributed by atoms with Gasteiger partial charge in [0.05, 0.1) is 30.2 Å². The Bertz CT molecular complexity index is 2520. The van der Waals surface area contributed by atoms with Crippen LogP contribution in [0.4, 0.5) is 26.7 Å². The topological polar surface area (TPSA) is 286 Å². The van der Waals surface area contributed by atoms with Gasteiger partial charge in [-0.2, -0.15) is 0 Å². The number of aromatic nitrogens is 1. The van der Waals surface area contributed by atoms with Gasteiger partial charge in [0.15, 0.2) is 11.6 Å². The second kappa shape index (κ2) is 32.1. The van der Waals surface area contributed by atoms with Crippen LogP contribution in [0.3, 0.4) is 0 Å². The zero-order valence-electron chi connectivity index (χ0n) is 45.3. The molecular formula is C57H80N10O9. The number of nitrogens with zero attached hydrogens (tertiary/aromatic N) is 3. The Kier molecular flexibility index (Phi) is 25.8. The van der Waals surface area contributed by atoms with Gasteiger partial charge in [0.2, 0.25) is 17.7 Å². The maximum atomic E-state index is 13.6. The van der Waals surface area contributed by atoms with Gasteiger partial charge >= 0.3 is 12.1 Å². The molecule has 4 rings (SSSR count). The Morgan fingerprint density at radius 1 is 0.776 bits per heavy atom. The minimum Gasteiger partial charge on any atom is -0.445 e. The van der Waals surface area contributed by atoms with Gasteiger partial charge < -0.3 is 47.7 Å². The van der Waals surface area contributed by atoms with Crippen LogP contribution in [0.25, 0.3) is 6.08 Å². The number of hydrogen-bond acceptors (Lipinski definition) is 12. The lowest BCUT2D eigenvalue weighted by molar-refractivity contribution is -0.131. The highest BCUT2D eigenvalue weighted by Gasteiger charge is 2.30. The maximum absolute atomic E-state index is 13.6. The average molecular weight is 1050 g/mol. The summed E-state index contributed by atoms with van der Waals surface area (Å²) in [7, 11) is 0. The highest BCUT2D eigenvalue weighted by Crippen LogP contribution is 2.29. The van der Waals surface area contributed by atoms with E-state index in [1.807, 2.05) is 32.6 Å². The Balaban J connectivity index is 1.23. The number of nitrogens with two attached hydrogens (primary N) is 2. The Hall–Kier alpha value is -7.44. The highest BCUT2D eigenvalue weighted by molar-refractivity contribution is 6.08. The van der Waals surface area contributed by atoms with Crippen molar-refractivity contribution in [2.24, 2.45) is 34.2 Å². The van der Waals surface area contributed by atoms with E-state index in [4.69, 9.17) is 16.2 Å². The fourth-order valence-electron chi connectivity index (χ4n) is 8.61. The number of amidine groups is 1. The lowest BCUT2D eigenvalue weighted by Crippen LogP contribution is -2.45. The number of alkyl carbamates (subject to hydrolysis) is 1. The third kappa shape index (κ3) is 21.8. The molecule has 1 aromatic heterocycles. The molecule has 0 bridgehead atoms. The number of unbranched alkanes of at least 4 members (excludes halogenated alkanes) is 3. The lowest BCUT2D eigenvalue weighted by atomic mass is 9.89. The third-order valence-corrected chi connectivity index (χ3v) is 12.7. The second-order valence-electron chi connectivity index (χ2n) is 20.1. The van der Waals surface area contributed by atoms with Crippen LogP contribution in [-0.2, 0) is 41.7 Å². The van der Waals surface area contributed by atoms with Crippen molar-refractivity contribution in [3.8, 4) is 0 Å². The number of ether oxygens (including phenoxy) is 1.